The lowest BCUT2D eigenvalue weighted by molar-refractivity contribution is -0.148. The second-order valence-corrected chi connectivity index (χ2v) is 6.03. The highest BCUT2D eigenvalue weighted by Gasteiger charge is 2.35. The molecule has 1 rings (SSSR count). The third kappa shape index (κ3) is 4.21. The first-order chi connectivity index (χ1) is 9.22. The van der Waals surface area contributed by atoms with Gasteiger partial charge < -0.3 is 15.3 Å². The molecule has 0 aromatic carbocycles. The lowest BCUT2D eigenvalue weighted by atomic mass is 9.93. The highest BCUT2D eigenvalue weighted by molar-refractivity contribution is 5.81. The second kappa shape index (κ2) is 6.72. The molecule has 6 nitrogen and oxygen atoms in total. The summed E-state index contributed by atoms with van der Waals surface area (Å²) < 4.78 is 0. The predicted octanol–water partition coefficient (Wildman–Crippen LogP) is 0.716. The number of likely N-dealkylation sites (tertiary alicyclic amines) is 1. The van der Waals surface area contributed by atoms with E-state index >= 15 is 0 Å². The maximum Gasteiger partial charge on any atom is 0.308 e. The van der Waals surface area contributed by atoms with Crippen LogP contribution in [0.2, 0.25) is 0 Å². The number of nitrogens with one attached hydrogen (secondary N) is 1. The number of nitrogens with zero attached hydrogens (tertiary/aromatic N) is 1. The Hall–Kier alpha value is -1.59. The number of amides is 2. The maximum absolute atomic E-state index is 12.1. The van der Waals surface area contributed by atoms with Gasteiger partial charge in [-0.3, -0.25) is 14.4 Å². The van der Waals surface area contributed by atoms with Crippen LogP contribution < -0.4 is 5.32 Å². The fourth-order valence-electron chi connectivity index (χ4n) is 2.30. The molecule has 1 heterocycles. The van der Waals surface area contributed by atoms with E-state index < -0.39 is 11.9 Å². The molecule has 2 unspecified atom stereocenters. The summed E-state index contributed by atoms with van der Waals surface area (Å²) >= 11 is 0. The molecule has 0 aromatic rings. The molecule has 1 aliphatic heterocycles. The zero-order valence-corrected chi connectivity index (χ0v) is 12.5. The van der Waals surface area contributed by atoms with Gasteiger partial charge in [-0.25, -0.2) is 0 Å². The molecule has 1 aliphatic rings. The summed E-state index contributed by atoms with van der Waals surface area (Å²) in [6.07, 6.45) is 0.371. The summed E-state index contributed by atoms with van der Waals surface area (Å²) in [5, 5.41) is 12.0. The highest BCUT2D eigenvalue weighted by Crippen LogP contribution is 2.19. The molecule has 0 aromatic heterocycles. The fraction of sp³-hybridized carbons (Fsp3) is 0.786. The van der Waals surface area contributed by atoms with E-state index in [4.69, 9.17) is 0 Å². The lowest BCUT2D eigenvalue weighted by Crippen LogP contribution is -2.55. The SMILES string of the molecule is CC(C)C(=O)NC1CC(C(=O)O)CN(C(=O)C(C)C)C1. The smallest absolute Gasteiger partial charge is 0.308 e. The van der Waals surface area contributed by atoms with Crippen molar-refractivity contribution >= 4 is 17.8 Å². The highest BCUT2D eigenvalue weighted by atomic mass is 16.4. The molecular formula is C14H24N2O4. The van der Waals surface area contributed by atoms with Crippen molar-refractivity contribution in [2.75, 3.05) is 13.1 Å². The molecule has 0 spiro atoms. The Morgan fingerprint density at radius 1 is 1.10 bits per heavy atom. The first kappa shape index (κ1) is 16.5. The quantitative estimate of drug-likeness (QED) is 0.796. The molecular weight excluding hydrogens is 260 g/mol. The van der Waals surface area contributed by atoms with Crippen LogP contribution in [0.3, 0.4) is 0 Å². The molecule has 1 saturated heterocycles. The molecule has 2 N–H and O–H groups in total. The molecule has 0 saturated carbocycles. The average molecular weight is 284 g/mol. The first-order valence-electron chi connectivity index (χ1n) is 7.04. The Kier molecular flexibility index (Phi) is 5.53. The summed E-state index contributed by atoms with van der Waals surface area (Å²) in [7, 11) is 0. The topological polar surface area (TPSA) is 86.7 Å². The number of carbonyl (C=O) groups excluding carboxylic acids is 2. The van der Waals surface area contributed by atoms with Gasteiger partial charge in [0.2, 0.25) is 11.8 Å². The summed E-state index contributed by atoms with van der Waals surface area (Å²) in [4.78, 5) is 36.5. The van der Waals surface area contributed by atoms with E-state index in [1.165, 1.54) is 0 Å². The Bertz CT molecular complexity index is 393. The minimum absolute atomic E-state index is 0.0697. The Labute approximate surface area is 119 Å². The number of carboxylic acids is 1. The van der Waals surface area contributed by atoms with Crippen molar-refractivity contribution in [3.8, 4) is 0 Å². The van der Waals surface area contributed by atoms with Crippen molar-refractivity contribution in [1.29, 1.82) is 0 Å². The number of rotatable bonds is 4. The van der Waals surface area contributed by atoms with Crippen molar-refractivity contribution < 1.29 is 19.5 Å². The zero-order chi connectivity index (χ0) is 15.4. The van der Waals surface area contributed by atoms with Gasteiger partial charge in [-0.05, 0) is 6.42 Å². The number of hydrogen-bond acceptors (Lipinski definition) is 3. The number of carbonyl (C=O) groups is 3. The minimum atomic E-state index is -0.921. The molecule has 2 amide bonds. The van der Waals surface area contributed by atoms with Gasteiger partial charge >= 0.3 is 5.97 Å². The van der Waals surface area contributed by atoms with Gasteiger partial charge in [0.15, 0.2) is 0 Å². The van der Waals surface area contributed by atoms with Gasteiger partial charge in [0.1, 0.15) is 0 Å². The van der Waals surface area contributed by atoms with Crippen LogP contribution in [0, 0.1) is 17.8 Å². The van der Waals surface area contributed by atoms with Gasteiger partial charge in [0, 0.05) is 31.0 Å². The number of carboxylic acid groups (broad SMARTS) is 1. The first-order valence-corrected chi connectivity index (χ1v) is 7.04. The van der Waals surface area contributed by atoms with Crippen LogP contribution in [0.25, 0.3) is 0 Å². The molecule has 0 aliphatic carbocycles. The van der Waals surface area contributed by atoms with Gasteiger partial charge in [-0.2, -0.15) is 0 Å². The van der Waals surface area contributed by atoms with Gasteiger partial charge in [-0.1, -0.05) is 27.7 Å². The fourth-order valence-corrected chi connectivity index (χ4v) is 2.30. The largest absolute Gasteiger partial charge is 0.481 e. The van der Waals surface area contributed by atoms with Crippen LogP contribution in [0.5, 0.6) is 0 Å². The summed E-state index contributed by atoms with van der Waals surface area (Å²) in [6.45, 7) is 7.75. The van der Waals surface area contributed by atoms with Crippen LogP contribution in [-0.2, 0) is 14.4 Å². The Morgan fingerprint density at radius 2 is 1.70 bits per heavy atom. The van der Waals surface area contributed by atoms with Crippen LogP contribution >= 0.6 is 0 Å². The molecule has 114 valence electrons. The molecule has 0 radical (unpaired) electrons. The standard InChI is InChI=1S/C14H24N2O4/c1-8(2)12(17)15-11-5-10(14(19)20)6-16(7-11)13(18)9(3)4/h8-11H,5-7H2,1-4H3,(H,15,17)(H,19,20). The molecule has 6 heteroatoms. The van der Waals surface area contributed by atoms with E-state index in [1.807, 2.05) is 0 Å². The monoisotopic (exact) mass is 284 g/mol. The number of piperidine rings is 1. The third-order valence-corrected chi connectivity index (χ3v) is 3.48. The third-order valence-electron chi connectivity index (χ3n) is 3.48. The normalized spacial score (nSPS) is 23.0. The summed E-state index contributed by atoms with van der Waals surface area (Å²) in [6, 6.07) is -0.289. The molecule has 20 heavy (non-hydrogen) atoms. The van der Waals surface area contributed by atoms with Crippen molar-refractivity contribution in [2.24, 2.45) is 17.8 Å². The van der Waals surface area contributed by atoms with Gasteiger partial charge in [0.25, 0.3) is 0 Å². The van der Waals surface area contributed by atoms with Gasteiger partial charge in [0.05, 0.1) is 5.92 Å². The Morgan fingerprint density at radius 3 is 2.15 bits per heavy atom. The van der Waals surface area contributed by atoms with Crippen LogP contribution in [-0.4, -0.2) is 46.9 Å². The van der Waals surface area contributed by atoms with Crippen molar-refractivity contribution in [3.05, 3.63) is 0 Å². The van der Waals surface area contributed by atoms with Crippen molar-refractivity contribution in [1.82, 2.24) is 10.2 Å². The lowest BCUT2D eigenvalue weighted by Gasteiger charge is -2.37. The zero-order valence-electron chi connectivity index (χ0n) is 12.5. The van der Waals surface area contributed by atoms with Crippen molar-refractivity contribution in [2.45, 2.75) is 40.2 Å². The van der Waals surface area contributed by atoms with E-state index in [0.29, 0.717) is 13.0 Å². The van der Waals surface area contributed by atoms with Crippen LogP contribution in [0.1, 0.15) is 34.1 Å². The predicted molar refractivity (Wildman–Crippen MR) is 73.9 cm³/mol. The average Bonchev–Trinajstić information content (AvgIpc) is 2.36. The van der Waals surface area contributed by atoms with E-state index in [2.05, 4.69) is 5.32 Å². The van der Waals surface area contributed by atoms with Crippen LogP contribution in [0.15, 0.2) is 0 Å². The van der Waals surface area contributed by atoms with E-state index in [-0.39, 0.29) is 36.2 Å². The van der Waals surface area contributed by atoms with Crippen molar-refractivity contribution in [3.63, 3.8) is 0 Å². The van der Waals surface area contributed by atoms with Crippen LogP contribution in [0.4, 0.5) is 0 Å². The number of hydrogen-bond donors (Lipinski definition) is 2. The maximum atomic E-state index is 12.1. The molecule has 2 atom stereocenters. The van der Waals surface area contributed by atoms with E-state index in [0.717, 1.165) is 0 Å². The summed E-state index contributed by atoms with van der Waals surface area (Å²) in [5.41, 5.74) is 0. The number of aliphatic carboxylic acids is 1. The van der Waals surface area contributed by atoms with Gasteiger partial charge in [-0.15, -0.1) is 0 Å². The minimum Gasteiger partial charge on any atom is -0.481 e. The van der Waals surface area contributed by atoms with E-state index in [9.17, 15) is 19.5 Å². The Balaban J connectivity index is 2.78. The van der Waals surface area contributed by atoms with E-state index in [1.54, 1.807) is 32.6 Å². The second-order valence-electron chi connectivity index (χ2n) is 6.03. The molecule has 0 bridgehead atoms. The summed E-state index contributed by atoms with van der Waals surface area (Å²) in [5.74, 6) is -2.06. The molecule has 1 fully saturated rings.